The van der Waals surface area contributed by atoms with Crippen molar-refractivity contribution in [1.82, 2.24) is 19.9 Å². The number of hydrogen-bond acceptors (Lipinski definition) is 7. The van der Waals surface area contributed by atoms with Crippen molar-refractivity contribution < 1.29 is 0 Å². The molecule has 0 bridgehead atoms. The highest BCUT2D eigenvalue weighted by Crippen LogP contribution is 2.32. The number of nitrogens with two attached hydrogens (primary N) is 1. The number of aromatic nitrogens is 4. The largest absolute Gasteiger partial charge is 0.325 e. The van der Waals surface area contributed by atoms with Crippen LogP contribution < -0.4 is 11.1 Å². The highest BCUT2D eigenvalue weighted by atomic mass is 32.1. The van der Waals surface area contributed by atoms with Crippen LogP contribution in [0.5, 0.6) is 0 Å². The molecule has 0 aliphatic heterocycles. The van der Waals surface area contributed by atoms with Crippen LogP contribution in [0.25, 0.3) is 20.9 Å². The molecular formula is C20H18N6S. The van der Waals surface area contributed by atoms with Crippen LogP contribution in [0.1, 0.15) is 29.3 Å². The van der Waals surface area contributed by atoms with Crippen LogP contribution in [-0.4, -0.2) is 19.9 Å². The molecule has 0 radical (unpaired) electrons. The van der Waals surface area contributed by atoms with Crippen LogP contribution in [0.2, 0.25) is 0 Å². The van der Waals surface area contributed by atoms with Gasteiger partial charge in [0.25, 0.3) is 0 Å². The number of pyridine rings is 3. The summed E-state index contributed by atoms with van der Waals surface area (Å²) < 4.78 is 1.03. The Labute approximate surface area is 160 Å². The fraction of sp³-hybridized carbons (Fsp3) is 0.200. The molecule has 1 aliphatic carbocycles. The van der Waals surface area contributed by atoms with Crippen molar-refractivity contribution >= 4 is 33.2 Å². The van der Waals surface area contributed by atoms with E-state index in [9.17, 15) is 0 Å². The zero-order valence-corrected chi connectivity index (χ0v) is 15.6. The Morgan fingerprint density at radius 2 is 2.07 bits per heavy atom. The van der Waals surface area contributed by atoms with Crippen LogP contribution in [0.4, 0.5) is 11.6 Å². The van der Waals surface area contributed by atoms with Gasteiger partial charge in [-0.15, -0.1) is 11.3 Å². The second-order valence-electron chi connectivity index (χ2n) is 6.74. The highest BCUT2D eigenvalue weighted by Gasteiger charge is 2.20. The highest BCUT2D eigenvalue weighted by molar-refractivity contribution is 7.21. The molecule has 4 aromatic heterocycles. The molecule has 1 atom stereocenters. The van der Waals surface area contributed by atoms with Crippen LogP contribution >= 0.6 is 11.3 Å². The Hall–Kier alpha value is -2.90. The van der Waals surface area contributed by atoms with Gasteiger partial charge in [0, 0.05) is 24.5 Å². The van der Waals surface area contributed by atoms with Gasteiger partial charge in [-0.1, -0.05) is 12.1 Å². The summed E-state index contributed by atoms with van der Waals surface area (Å²) >= 11 is 1.60. The maximum atomic E-state index is 6.13. The molecule has 4 aromatic rings. The number of fused-ring (bicyclic) bond motifs is 2. The van der Waals surface area contributed by atoms with Gasteiger partial charge in [-0.05, 0) is 43.0 Å². The number of nitrogens with zero attached hydrogens (tertiary/aromatic N) is 4. The van der Waals surface area contributed by atoms with E-state index in [0.717, 1.165) is 56.7 Å². The Balaban J connectivity index is 1.47. The lowest BCUT2D eigenvalue weighted by Crippen LogP contribution is -2.08. The summed E-state index contributed by atoms with van der Waals surface area (Å²) in [5.74, 6) is 1.48. The van der Waals surface area contributed by atoms with Crippen molar-refractivity contribution in [3.05, 3.63) is 59.5 Å². The predicted molar refractivity (Wildman–Crippen MR) is 108 cm³/mol. The summed E-state index contributed by atoms with van der Waals surface area (Å²) in [4.78, 5) is 18.4. The average molecular weight is 374 g/mol. The molecule has 0 spiro atoms. The summed E-state index contributed by atoms with van der Waals surface area (Å²) in [6.07, 6.45) is 5.60. The van der Waals surface area contributed by atoms with Gasteiger partial charge < -0.3 is 11.1 Å². The SMILES string of the molecule is Cc1cccnc1-c1nc2cc(Nc3ccc4c(n3)[C@@H](N)CC4)ncc2s1. The molecule has 0 saturated heterocycles. The van der Waals surface area contributed by atoms with Gasteiger partial charge in [-0.3, -0.25) is 4.98 Å². The van der Waals surface area contributed by atoms with Gasteiger partial charge in [-0.25, -0.2) is 15.0 Å². The van der Waals surface area contributed by atoms with E-state index >= 15 is 0 Å². The molecule has 6 nitrogen and oxygen atoms in total. The Morgan fingerprint density at radius 1 is 1.15 bits per heavy atom. The third kappa shape index (κ3) is 2.94. The minimum absolute atomic E-state index is 0.0277. The monoisotopic (exact) mass is 374 g/mol. The molecule has 0 aromatic carbocycles. The van der Waals surface area contributed by atoms with Gasteiger partial charge >= 0.3 is 0 Å². The van der Waals surface area contributed by atoms with Crippen LogP contribution in [-0.2, 0) is 6.42 Å². The van der Waals surface area contributed by atoms with Crippen molar-refractivity contribution in [2.24, 2.45) is 5.73 Å². The Kier molecular flexibility index (Phi) is 3.84. The van der Waals surface area contributed by atoms with Crippen molar-refractivity contribution in [3.8, 4) is 10.7 Å². The van der Waals surface area contributed by atoms with E-state index in [4.69, 9.17) is 10.7 Å². The summed E-state index contributed by atoms with van der Waals surface area (Å²) in [7, 11) is 0. The maximum Gasteiger partial charge on any atom is 0.143 e. The minimum Gasteiger partial charge on any atom is -0.325 e. The van der Waals surface area contributed by atoms with E-state index in [1.54, 1.807) is 17.5 Å². The topological polar surface area (TPSA) is 89.6 Å². The van der Waals surface area contributed by atoms with Gasteiger partial charge in [0.2, 0.25) is 0 Å². The number of nitrogens with one attached hydrogen (secondary N) is 1. The summed E-state index contributed by atoms with van der Waals surface area (Å²) in [6, 6.07) is 10.0. The lowest BCUT2D eigenvalue weighted by molar-refractivity contribution is 0.698. The summed E-state index contributed by atoms with van der Waals surface area (Å²) in [5, 5.41) is 4.18. The van der Waals surface area contributed by atoms with Gasteiger partial charge in [0.05, 0.1) is 15.9 Å². The van der Waals surface area contributed by atoms with E-state index < -0.39 is 0 Å². The van der Waals surface area contributed by atoms with Crippen molar-refractivity contribution in [2.45, 2.75) is 25.8 Å². The molecule has 3 N–H and O–H groups in total. The van der Waals surface area contributed by atoms with Gasteiger partial charge in [0.15, 0.2) is 0 Å². The van der Waals surface area contributed by atoms with Gasteiger partial charge in [-0.2, -0.15) is 0 Å². The molecular weight excluding hydrogens is 356 g/mol. The second kappa shape index (κ2) is 6.37. The minimum atomic E-state index is 0.0277. The first kappa shape index (κ1) is 16.3. The normalized spacial score (nSPS) is 15.9. The van der Waals surface area contributed by atoms with Gasteiger partial charge in [0.1, 0.15) is 22.3 Å². The number of thiazole rings is 1. The Morgan fingerprint density at radius 3 is 2.96 bits per heavy atom. The lowest BCUT2D eigenvalue weighted by atomic mass is 10.2. The van der Waals surface area contributed by atoms with Crippen LogP contribution in [0.15, 0.2) is 42.7 Å². The number of rotatable bonds is 3. The molecule has 4 heterocycles. The first-order valence-electron chi connectivity index (χ1n) is 8.88. The molecule has 5 rings (SSSR count). The smallest absolute Gasteiger partial charge is 0.143 e. The zero-order valence-electron chi connectivity index (χ0n) is 14.8. The summed E-state index contributed by atoms with van der Waals surface area (Å²) in [6.45, 7) is 2.05. The third-order valence-corrected chi connectivity index (χ3v) is 5.84. The number of hydrogen-bond donors (Lipinski definition) is 2. The Bertz CT molecular complexity index is 1150. The maximum absolute atomic E-state index is 6.13. The quantitative estimate of drug-likeness (QED) is 0.560. The van der Waals surface area contributed by atoms with Crippen LogP contribution in [0.3, 0.4) is 0 Å². The molecule has 27 heavy (non-hydrogen) atoms. The molecule has 134 valence electrons. The molecule has 7 heteroatoms. The van der Waals surface area contributed by atoms with E-state index in [0.29, 0.717) is 0 Å². The van der Waals surface area contributed by atoms with E-state index in [1.165, 1.54) is 5.56 Å². The second-order valence-corrected chi connectivity index (χ2v) is 7.77. The fourth-order valence-corrected chi connectivity index (χ4v) is 4.38. The number of anilines is 2. The first-order valence-corrected chi connectivity index (χ1v) is 9.70. The fourth-order valence-electron chi connectivity index (χ4n) is 3.40. The summed E-state index contributed by atoms with van der Waals surface area (Å²) in [5.41, 5.74) is 11.3. The van der Waals surface area contributed by atoms with Crippen molar-refractivity contribution in [1.29, 1.82) is 0 Å². The standard InChI is InChI=1S/C20H18N6S/c1-11-3-2-8-22-18(11)20-24-14-9-17(23-10-15(14)27-20)25-16-7-5-12-4-6-13(21)19(12)26-16/h2-3,5,7-10,13H,4,6,21H2,1H3,(H,23,25,26)/t13-/m0/s1. The average Bonchev–Trinajstić information content (AvgIpc) is 3.25. The van der Waals surface area contributed by atoms with E-state index in [1.807, 2.05) is 37.4 Å². The molecule has 0 fully saturated rings. The first-order chi connectivity index (χ1) is 13.2. The number of aryl methyl sites for hydroxylation is 2. The van der Waals surface area contributed by atoms with E-state index in [2.05, 4.69) is 26.3 Å². The zero-order chi connectivity index (χ0) is 18.4. The molecule has 0 saturated carbocycles. The molecule has 1 aliphatic rings. The van der Waals surface area contributed by atoms with Crippen molar-refractivity contribution in [2.75, 3.05) is 5.32 Å². The lowest BCUT2D eigenvalue weighted by Gasteiger charge is -2.08. The molecule has 0 unspecified atom stereocenters. The molecule has 0 amide bonds. The van der Waals surface area contributed by atoms with Crippen LogP contribution in [0, 0.1) is 6.92 Å². The van der Waals surface area contributed by atoms with Crippen molar-refractivity contribution in [3.63, 3.8) is 0 Å². The third-order valence-electron chi connectivity index (χ3n) is 4.83. The predicted octanol–water partition coefficient (Wildman–Crippen LogP) is 4.15. The van der Waals surface area contributed by atoms with E-state index in [-0.39, 0.29) is 6.04 Å².